The first-order valence-electron chi connectivity index (χ1n) is 3.90. The average molecular weight is 321 g/mol. The fourth-order valence-corrected chi connectivity index (χ4v) is 1.95. The summed E-state index contributed by atoms with van der Waals surface area (Å²) in [5.74, 6) is 0. The summed E-state index contributed by atoms with van der Waals surface area (Å²) in [5, 5.41) is 0. The minimum Gasteiger partial charge on any atom is -0.293 e. The Bertz CT molecular complexity index is 522. The van der Waals surface area contributed by atoms with Crippen LogP contribution in [0.5, 0.6) is 0 Å². The standard InChI is InChI=1S/C8H7Br2N3O/c1-12-5-3-4(9)6(10)11-7(5)13(2)8(12)14/h3H,1-2H3. The van der Waals surface area contributed by atoms with Gasteiger partial charge in [-0.2, -0.15) is 0 Å². The van der Waals surface area contributed by atoms with Crippen molar-refractivity contribution in [3.05, 3.63) is 25.6 Å². The maximum atomic E-state index is 11.6. The zero-order chi connectivity index (χ0) is 10.5. The molecular weight excluding hydrogens is 314 g/mol. The van der Waals surface area contributed by atoms with E-state index in [1.807, 2.05) is 6.07 Å². The molecule has 0 saturated heterocycles. The molecule has 0 unspecified atom stereocenters. The van der Waals surface area contributed by atoms with E-state index in [1.165, 1.54) is 4.57 Å². The molecule has 0 N–H and O–H groups in total. The van der Waals surface area contributed by atoms with Crippen LogP contribution < -0.4 is 5.69 Å². The van der Waals surface area contributed by atoms with Gasteiger partial charge in [0.25, 0.3) is 0 Å². The lowest BCUT2D eigenvalue weighted by atomic mass is 10.4. The molecule has 6 heteroatoms. The van der Waals surface area contributed by atoms with Crippen LogP contribution in [0.15, 0.2) is 19.9 Å². The summed E-state index contributed by atoms with van der Waals surface area (Å²) in [6.07, 6.45) is 0. The van der Waals surface area contributed by atoms with Crippen LogP contribution in [-0.2, 0) is 14.1 Å². The van der Waals surface area contributed by atoms with Gasteiger partial charge >= 0.3 is 5.69 Å². The van der Waals surface area contributed by atoms with Crippen LogP contribution in [0.25, 0.3) is 11.2 Å². The number of hydrogen-bond acceptors (Lipinski definition) is 2. The van der Waals surface area contributed by atoms with E-state index in [4.69, 9.17) is 0 Å². The molecule has 0 saturated carbocycles. The summed E-state index contributed by atoms with van der Waals surface area (Å²) in [6.45, 7) is 0. The molecule has 74 valence electrons. The predicted octanol–water partition coefficient (Wildman–Crippen LogP) is 1.80. The Morgan fingerprint density at radius 2 is 1.93 bits per heavy atom. The van der Waals surface area contributed by atoms with Gasteiger partial charge in [0.1, 0.15) is 4.60 Å². The number of halogens is 2. The van der Waals surface area contributed by atoms with Crippen molar-refractivity contribution in [2.75, 3.05) is 0 Å². The first-order chi connectivity index (χ1) is 6.52. The Kier molecular flexibility index (Phi) is 2.27. The molecule has 0 aliphatic carbocycles. The fraction of sp³-hybridized carbons (Fsp3) is 0.250. The second-order valence-corrected chi connectivity index (χ2v) is 4.61. The van der Waals surface area contributed by atoms with Crippen LogP contribution >= 0.6 is 31.9 Å². The number of nitrogens with zero attached hydrogens (tertiary/aromatic N) is 3. The molecule has 0 bridgehead atoms. The number of hydrogen-bond donors (Lipinski definition) is 0. The number of aryl methyl sites for hydroxylation is 2. The quantitative estimate of drug-likeness (QED) is 0.694. The van der Waals surface area contributed by atoms with E-state index in [9.17, 15) is 4.79 Å². The van der Waals surface area contributed by atoms with E-state index in [2.05, 4.69) is 36.8 Å². The van der Waals surface area contributed by atoms with Gasteiger partial charge in [-0.15, -0.1) is 0 Å². The van der Waals surface area contributed by atoms with Crippen molar-refractivity contribution in [3.8, 4) is 0 Å². The lowest BCUT2D eigenvalue weighted by Crippen LogP contribution is -2.19. The predicted molar refractivity (Wildman–Crippen MR) is 61.4 cm³/mol. The second-order valence-electron chi connectivity index (χ2n) is 3.00. The summed E-state index contributed by atoms with van der Waals surface area (Å²) in [4.78, 5) is 15.8. The Morgan fingerprint density at radius 3 is 2.57 bits per heavy atom. The monoisotopic (exact) mass is 319 g/mol. The number of imidazole rings is 1. The molecule has 0 radical (unpaired) electrons. The molecule has 0 aromatic carbocycles. The first-order valence-corrected chi connectivity index (χ1v) is 5.48. The SMILES string of the molecule is Cn1c(=O)n(C)c2nc(Br)c(Br)cc21. The summed E-state index contributed by atoms with van der Waals surface area (Å²) < 4.78 is 4.63. The van der Waals surface area contributed by atoms with E-state index in [0.717, 1.165) is 9.99 Å². The van der Waals surface area contributed by atoms with E-state index < -0.39 is 0 Å². The molecule has 2 rings (SSSR count). The largest absolute Gasteiger partial charge is 0.329 e. The van der Waals surface area contributed by atoms with E-state index in [1.54, 1.807) is 18.7 Å². The van der Waals surface area contributed by atoms with E-state index >= 15 is 0 Å². The molecule has 2 aromatic rings. The van der Waals surface area contributed by atoms with Crippen molar-refractivity contribution in [3.63, 3.8) is 0 Å². The van der Waals surface area contributed by atoms with E-state index in [0.29, 0.717) is 10.3 Å². The summed E-state index contributed by atoms with van der Waals surface area (Å²) in [5.41, 5.74) is 1.41. The van der Waals surface area contributed by atoms with Gasteiger partial charge in [0.2, 0.25) is 0 Å². The Morgan fingerprint density at radius 1 is 1.29 bits per heavy atom. The topological polar surface area (TPSA) is 39.8 Å². The molecule has 4 nitrogen and oxygen atoms in total. The van der Waals surface area contributed by atoms with Gasteiger partial charge in [-0.3, -0.25) is 9.13 Å². The van der Waals surface area contributed by atoms with E-state index in [-0.39, 0.29) is 5.69 Å². The number of aromatic nitrogens is 3. The van der Waals surface area contributed by atoms with Crippen LogP contribution in [-0.4, -0.2) is 14.1 Å². The smallest absolute Gasteiger partial charge is 0.293 e. The maximum Gasteiger partial charge on any atom is 0.329 e. The molecule has 0 atom stereocenters. The Balaban J connectivity index is 3.04. The van der Waals surface area contributed by atoms with Gasteiger partial charge in [-0.1, -0.05) is 0 Å². The molecule has 14 heavy (non-hydrogen) atoms. The van der Waals surface area contributed by atoms with Crippen molar-refractivity contribution in [2.24, 2.45) is 14.1 Å². The molecule has 0 aliphatic rings. The van der Waals surface area contributed by atoms with Crippen LogP contribution in [0, 0.1) is 0 Å². The van der Waals surface area contributed by atoms with Crippen LogP contribution in [0.1, 0.15) is 0 Å². The van der Waals surface area contributed by atoms with Crippen molar-refractivity contribution in [1.29, 1.82) is 0 Å². The maximum absolute atomic E-state index is 11.6. The first kappa shape index (κ1) is 9.92. The van der Waals surface area contributed by atoms with Crippen molar-refractivity contribution in [2.45, 2.75) is 0 Å². The molecule has 0 fully saturated rings. The molecule has 0 spiro atoms. The minimum absolute atomic E-state index is 0.0718. The normalized spacial score (nSPS) is 11.1. The third-order valence-corrected chi connectivity index (χ3v) is 3.89. The lowest BCUT2D eigenvalue weighted by Gasteiger charge is -1.97. The zero-order valence-corrected chi connectivity index (χ0v) is 10.8. The molecule has 2 aromatic heterocycles. The van der Waals surface area contributed by atoms with Crippen LogP contribution in [0.3, 0.4) is 0 Å². The van der Waals surface area contributed by atoms with Gasteiger partial charge in [0.05, 0.1) is 9.99 Å². The number of rotatable bonds is 0. The van der Waals surface area contributed by atoms with Gasteiger partial charge in [0, 0.05) is 14.1 Å². The van der Waals surface area contributed by atoms with Gasteiger partial charge < -0.3 is 0 Å². The summed E-state index contributed by atoms with van der Waals surface area (Å²) in [6, 6.07) is 1.87. The highest BCUT2D eigenvalue weighted by Gasteiger charge is 2.11. The third kappa shape index (κ3) is 1.25. The summed E-state index contributed by atoms with van der Waals surface area (Å²) >= 11 is 6.65. The Hall–Kier alpha value is -0.620. The van der Waals surface area contributed by atoms with Crippen molar-refractivity contribution >= 4 is 43.0 Å². The van der Waals surface area contributed by atoms with Gasteiger partial charge in [0.15, 0.2) is 5.65 Å². The van der Waals surface area contributed by atoms with Gasteiger partial charge in [-0.05, 0) is 37.9 Å². The highest BCUT2D eigenvalue weighted by Crippen LogP contribution is 2.24. The van der Waals surface area contributed by atoms with Crippen LogP contribution in [0.4, 0.5) is 0 Å². The van der Waals surface area contributed by atoms with Crippen molar-refractivity contribution in [1.82, 2.24) is 14.1 Å². The van der Waals surface area contributed by atoms with Gasteiger partial charge in [-0.25, -0.2) is 9.78 Å². The molecule has 2 heterocycles. The molecular formula is C8H7Br2N3O. The summed E-state index contributed by atoms with van der Waals surface area (Å²) in [7, 11) is 3.44. The average Bonchev–Trinajstić information content (AvgIpc) is 2.34. The minimum atomic E-state index is -0.0718. The lowest BCUT2D eigenvalue weighted by molar-refractivity contribution is 0.791. The number of fused-ring (bicyclic) bond motifs is 1. The zero-order valence-electron chi connectivity index (χ0n) is 7.58. The Labute approximate surface area is 96.8 Å². The molecule has 0 amide bonds. The van der Waals surface area contributed by atoms with Crippen LogP contribution in [0.2, 0.25) is 0 Å². The highest BCUT2D eigenvalue weighted by atomic mass is 79.9. The third-order valence-electron chi connectivity index (χ3n) is 2.15. The van der Waals surface area contributed by atoms with Crippen molar-refractivity contribution < 1.29 is 0 Å². The number of pyridine rings is 1. The molecule has 0 aliphatic heterocycles. The highest BCUT2D eigenvalue weighted by molar-refractivity contribution is 9.13. The second kappa shape index (κ2) is 3.20. The fourth-order valence-electron chi connectivity index (χ4n) is 1.36.